The summed E-state index contributed by atoms with van der Waals surface area (Å²) in [5, 5.41) is 22.9. The number of hydrogen-bond acceptors (Lipinski definition) is 3. The van der Waals surface area contributed by atoms with E-state index >= 15 is 0 Å². The van der Waals surface area contributed by atoms with Crippen molar-refractivity contribution in [3.05, 3.63) is 146 Å². The highest BCUT2D eigenvalue weighted by Crippen LogP contribution is 2.08. The topological polar surface area (TPSA) is 69.6 Å². The van der Waals surface area contributed by atoms with Gasteiger partial charge in [0, 0.05) is 6.42 Å². The number of amides is 1. The van der Waals surface area contributed by atoms with Crippen molar-refractivity contribution in [1.82, 2.24) is 5.32 Å². The Kier molecular flexibility index (Phi) is 43.6. The lowest BCUT2D eigenvalue weighted by molar-refractivity contribution is -0.123. The van der Waals surface area contributed by atoms with Gasteiger partial charge in [-0.3, -0.25) is 4.79 Å². The minimum Gasteiger partial charge on any atom is -0.394 e. The summed E-state index contributed by atoms with van der Waals surface area (Å²) in [5.41, 5.74) is 0. The van der Waals surface area contributed by atoms with E-state index in [-0.39, 0.29) is 12.5 Å². The van der Waals surface area contributed by atoms with E-state index in [1.165, 1.54) is 38.5 Å². The molecule has 2 unspecified atom stereocenters. The van der Waals surface area contributed by atoms with E-state index in [2.05, 4.69) is 153 Å². The first kappa shape index (κ1) is 53.3. The standard InChI is InChI=1S/C53H83NO3/c1-3-5-7-9-11-13-15-17-18-19-20-21-22-23-24-25-26-27-28-29-30-31-32-33-34-35-36-37-39-41-43-45-47-49-53(57)54-51(50-55)52(56)48-46-44-42-40-38-16-14-12-10-8-6-4-2/h5,7,11,13,17-18,20-21,23-24,26-27,29-30,32-33,35-36,38-41,46,48,51-52,55-56H,3-4,6,8-10,12,14-16,19,22,25,28,31,34,37,42-45,47,49-50H2,1-2H3,(H,54,57)/b7-5-,13-11-,18-17-,21-20-,24-23-,27-26-,30-29-,33-32-,36-35-,40-38+,41-39-,48-46+. The maximum absolute atomic E-state index is 12.3. The highest BCUT2D eigenvalue weighted by atomic mass is 16.3. The molecule has 2 atom stereocenters. The summed E-state index contributed by atoms with van der Waals surface area (Å²) in [4.78, 5) is 12.3. The molecule has 3 N–H and O–H groups in total. The number of carbonyl (C=O) groups is 1. The second-order valence-electron chi connectivity index (χ2n) is 14.4. The molecule has 0 aliphatic rings. The normalized spacial score (nSPS) is 14.4. The number of nitrogens with one attached hydrogen (secondary N) is 1. The van der Waals surface area contributed by atoms with Gasteiger partial charge in [0.1, 0.15) is 0 Å². The summed E-state index contributed by atoms with van der Waals surface area (Å²) < 4.78 is 0. The van der Waals surface area contributed by atoms with Gasteiger partial charge in [0.25, 0.3) is 0 Å². The van der Waals surface area contributed by atoms with Crippen LogP contribution in [0, 0.1) is 0 Å². The molecule has 0 aromatic carbocycles. The Hall–Kier alpha value is -3.73. The average Bonchev–Trinajstić information content (AvgIpc) is 3.22. The van der Waals surface area contributed by atoms with Crippen molar-refractivity contribution in [3.63, 3.8) is 0 Å². The van der Waals surface area contributed by atoms with Crippen LogP contribution in [0.4, 0.5) is 0 Å². The van der Waals surface area contributed by atoms with Crippen LogP contribution in [0.2, 0.25) is 0 Å². The van der Waals surface area contributed by atoms with Crippen LogP contribution in [0.1, 0.15) is 162 Å². The molecular weight excluding hydrogens is 699 g/mol. The summed E-state index contributed by atoms with van der Waals surface area (Å²) in [7, 11) is 0. The van der Waals surface area contributed by atoms with Crippen LogP contribution in [0.3, 0.4) is 0 Å². The number of carbonyl (C=O) groups excluding carboxylic acids is 1. The Morgan fingerprint density at radius 1 is 0.439 bits per heavy atom. The lowest BCUT2D eigenvalue weighted by Gasteiger charge is -2.19. The molecule has 0 saturated heterocycles. The zero-order chi connectivity index (χ0) is 41.4. The smallest absolute Gasteiger partial charge is 0.220 e. The fraction of sp³-hybridized carbons (Fsp3) is 0.528. The molecular formula is C53H83NO3. The number of unbranched alkanes of at least 4 members (excludes halogenated alkanes) is 9. The maximum atomic E-state index is 12.3. The molecule has 0 aliphatic carbocycles. The quantitative estimate of drug-likeness (QED) is 0.0432. The van der Waals surface area contributed by atoms with Gasteiger partial charge in [0.05, 0.1) is 18.8 Å². The third-order valence-electron chi connectivity index (χ3n) is 9.06. The predicted molar refractivity (Wildman–Crippen MR) is 252 cm³/mol. The van der Waals surface area contributed by atoms with Gasteiger partial charge >= 0.3 is 0 Å². The Morgan fingerprint density at radius 3 is 1.23 bits per heavy atom. The molecule has 0 heterocycles. The molecule has 4 heteroatoms. The van der Waals surface area contributed by atoms with Crippen molar-refractivity contribution in [2.24, 2.45) is 0 Å². The molecule has 1 amide bonds. The maximum Gasteiger partial charge on any atom is 0.220 e. The van der Waals surface area contributed by atoms with Crippen LogP contribution in [0.15, 0.2) is 146 Å². The summed E-state index contributed by atoms with van der Waals surface area (Å²) in [5.74, 6) is -0.125. The molecule has 318 valence electrons. The second kappa shape index (κ2) is 46.7. The van der Waals surface area contributed by atoms with Crippen molar-refractivity contribution in [1.29, 1.82) is 0 Å². The fourth-order valence-electron chi connectivity index (χ4n) is 5.63. The lowest BCUT2D eigenvalue weighted by atomic mass is 10.1. The number of aliphatic hydroxyl groups excluding tert-OH is 2. The monoisotopic (exact) mass is 782 g/mol. The Morgan fingerprint density at radius 2 is 0.789 bits per heavy atom. The van der Waals surface area contributed by atoms with Gasteiger partial charge in [-0.15, -0.1) is 0 Å². The molecule has 0 spiro atoms. The Labute approximate surface area is 351 Å². The summed E-state index contributed by atoms with van der Waals surface area (Å²) in [6.45, 7) is 4.12. The van der Waals surface area contributed by atoms with Crippen LogP contribution in [0.5, 0.6) is 0 Å². The van der Waals surface area contributed by atoms with E-state index in [9.17, 15) is 15.0 Å². The van der Waals surface area contributed by atoms with E-state index in [1.54, 1.807) is 6.08 Å². The van der Waals surface area contributed by atoms with Crippen molar-refractivity contribution >= 4 is 5.91 Å². The first-order chi connectivity index (χ1) is 28.2. The summed E-state index contributed by atoms with van der Waals surface area (Å²) in [6.07, 6.45) is 75.3. The first-order valence-corrected chi connectivity index (χ1v) is 22.5. The van der Waals surface area contributed by atoms with Crippen LogP contribution in [-0.2, 0) is 4.79 Å². The van der Waals surface area contributed by atoms with E-state index < -0.39 is 12.1 Å². The van der Waals surface area contributed by atoms with E-state index in [0.717, 1.165) is 103 Å². The van der Waals surface area contributed by atoms with Gasteiger partial charge in [-0.05, 0) is 109 Å². The van der Waals surface area contributed by atoms with Crippen molar-refractivity contribution in [2.45, 2.75) is 174 Å². The number of aliphatic hydroxyl groups is 2. The highest BCUT2D eigenvalue weighted by molar-refractivity contribution is 5.76. The molecule has 0 radical (unpaired) electrons. The highest BCUT2D eigenvalue weighted by Gasteiger charge is 2.17. The molecule has 0 fully saturated rings. The summed E-state index contributed by atoms with van der Waals surface area (Å²) >= 11 is 0. The number of hydrogen-bond donors (Lipinski definition) is 3. The SMILES string of the molecule is CC/C=C\C/C=C\C/C=C\C/C=C\C/C=C\C/C=C\C/C=C\C/C=C\C/C=C\C/C=C\CCCCC(=O)NC(CO)C(O)/C=C/CC/C=C/CCCCCCCC. The third-order valence-corrected chi connectivity index (χ3v) is 9.06. The van der Waals surface area contributed by atoms with Crippen LogP contribution >= 0.6 is 0 Å². The molecule has 0 aromatic heterocycles. The lowest BCUT2D eigenvalue weighted by Crippen LogP contribution is -2.45. The third kappa shape index (κ3) is 43.2. The van der Waals surface area contributed by atoms with Gasteiger partial charge in [-0.1, -0.05) is 192 Å². The minimum absolute atomic E-state index is 0.125. The van der Waals surface area contributed by atoms with Gasteiger partial charge < -0.3 is 15.5 Å². The van der Waals surface area contributed by atoms with Gasteiger partial charge in [-0.25, -0.2) is 0 Å². The molecule has 0 saturated carbocycles. The minimum atomic E-state index is -0.890. The first-order valence-electron chi connectivity index (χ1n) is 22.5. The summed E-state index contributed by atoms with van der Waals surface area (Å²) in [6, 6.07) is -0.672. The van der Waals surface area contributed by atoms with Crippen LogP contribution < -0.4 is 5.32 Å². The van der Waals surface area contributed by atoms with E-state index in [4.69, 9.17) is 0 Å². The molecule has 0 aromatic rings. The Bertz CT molecular complexity index is 1250. The molecule has 0 rings (SSSR count). The van der Waals surface area contributed by atoms with Gasteiger partial charge in [0.2, 0.25) is 5.91 Å². The van der Waals surface area contributed by atoms with E-state index in [1.807, 2.05) is 6.08 Å². The number of rotatable bonds is 38. The fourth-order valence-corrected chi connectivity index (χ4v) is 5.63. The largest absolute Gasteiger partial charge is 0.394 e. The number of allylic oxidation sites excluding steroid dienone is 23. The van der Waals surface area contributed by atoms with E-state index in [0.29, 0.717) is 6.42 Å². The molecule has 57 heavy (non-hydrogen) atoms. The van der Waals surface area contributed by atoms with Gasteiger partial charge in [0.15, 0.2) is 0 Å². The molecule has 0 aliphatic heterocycles. The zero-order valence-electron chi connectivity index (χ0n) is 36.3. The van der Waals surface area contributed by atoms with Crippen molar-refractivity contribution in [2.75, 3.05) is 6.61 Å². The second-order valence-corrected chi connectivity index (χ2v) is 14.4. The van der Waals surface area contributed by atoms with Crippen molar-refractivity contribution in [3.8, 4) is 0 Å². The van der Waals surface area contributed by atoms with Gasteiger partial charge in [-0.2, -0.15) is 0 Å². The molecule has 4 nitrogen and oxygen atoms in total. The predicted octanol–water partition coefficient (Wildman–Crippen LogP) is 14.5. The van der Waals surface area contributed by atoms with Crippen molar-refractivity contribution < 1.29 is 15.0 Å². The Balaban J connectivity index is 3.80. The zero-order valence-corrected chi connectivity index (χ0v) is 36.3. The molecule has 0 bridgehead atoms. The van der Waals surface area contributed by atoms with Crippen LogP contribution in [-0.4, -0.2) is 34.9 Å². The average molecular weight is 782 g/mol. The van der Waals surface area contributed by atoms with Crippen LogP contribution in [0.25, 0.3) is 0 Å².